The van der Waals surface area contributed by atoms with Gasteiger partial charge in [0.1, 0.15) is 6.04 Å². The van der Waals surface area contributed by atoms with Crippen molar-refractivity contribution in [1.29, 1.82) is 0 Å². The van der Waals surface area contributed by atoms with Crippen LogP contribution in [0.3, 0.4) is 0 Å². The largest absolute Gasteiger partial charge is 0.481 e. The van der Waals surface area contributed by atoms with E-state index in [1.807, 2.05) is 0 Å². The second-order valence-electron chi connectivity index (χ2n) is 3.62. The van der Waals surface area contributed by atoms with E-state index in [-0.39, 0.29) is 24.8 Å². The summed E-state index contributed by atoms with van der Waals surface area (Å²) in [7, 11) is 1.37. The summed E-state index contributed by atoms with van der Waals surface area (Å²) in [5.41, 5.74) is 0. The molecular formula is C10H18N2O5. The fourth-order valence-corrected chi connectivity index (χ4v) is 1.17. The highest BCUT2D eigenvalue weighted by atomic mass is 16.5. The van der Waals surface area contributed by atoms with Gasteiger partial charge in [0.15, 0.2) is 0 Å². The van der Waals surface area contributed by atoms with Crippen LogP contribution < -0.4 is 10.6 Å². The minimum Gasteiger partial charge on any atom is -0.481 e. The van der Waals surface area contributed by atoms with E-state index < -0.39 is 18.1 Å². The molecule has 17 heavy (non-hydrogen) atoms. The van der Waals surface area contributed by atoms with Crippen molar-refractivity contribution < 1.29 is 24.2 Å². The van der Waals surface area contributed by atoms with E-state index in [9.17, 15) is 14.4 Å². The summed E-state index contributed by atoms with van der Waals surface area (Å²) in [5.74, 6) is -1.69. The molecule has 0 aliphatic carbocycles. The molecule has 0 bridgehead atoms. The smallest absolute Gasteiger partial charge is 0.306 e. The number of carbonyl (C=O) groups excluding carboxylic acids is 2. The number of aliphatic carboxylic acids is 1. The molecule has 0 saturated heterocycles. The Balaban J connectivity index is 4.03. The molecule has 7 nitrogen and oxygen atoms in total. The van der Waals surface area contributed by atoms with Gasteiger partial charge in [-0.05, 0) is 6.92 Å². The highest BCUT2D eigenvalue weighted by molar-refractivity contribution is 5.86. The first-order valence-corrected chi connectivity index (χ1v) is 5.16. The number of carboxylic acid groups (broad SMARTS) is 1. The highest BCUT2D eigenvalue weighted by Crippen LogP contribution is 1.95. The molecule has 0 heterocycles. The van der Waals surface area contributed by atoms with E-state index in [2.05, 4.69) is 10.6 Å². The van der Waals surface area contributed by atoms with Crippen LogP contribution in [0.5, 0.6) is 0 Å². The molecule has 0 aromatic carbocycles. The first-order chi connectivity index (χ1) is 7.86. The maximum absolute atomic E-state index is 11.5. The lowest BCUT2D eigenvalue weighted by Crippen LogP contribution is -2.46. The van der Waals surface area contributed by atoms with Crippen LogP contribution in [-0.4, -0.2) is 48.7 Å². The minimum absolute atomic E-state index is 0.0888. The first-order valence-electron chi connectivity index (χ1n) is 5.16. The second kappa shape index (κ2) is 7.61. The second-order valence-corrected chi connectivity index (χ2v) is 3.62. The zero-order valence-electron chi connectivity index (χ0n) is 10.1. The van der Waals surface area contributed by atoms with Gasteiger partial charge in [-0.25, -0.2) is 0 Å². The van der Waals surface area contributed by atoms with E-state index in [1.165, 1.54) is 21.0 Å². The number of rotatable bonds is 7. The van der Waals surface area contributed by atoms with E-state index >= 15 is 0 Å². The zero-order valence-corrected chi connectivity index (χ0v) is 10.1. The van der Waals surface area contributed by atoms with Crippen molar-refractivity contribution in [3.05, 3.63) is 0 Å². The Morgan fingerprint density at radius 1 is 1.35 bits per heavy atom. The maximum Gasteiger partial charge on any atom is 0.306 e. The van der Waals surface area contributed by atoms with Crippen LogP contribution in [0.4, 0.5) is 0 Å². The fourth-order valence-electron chi connectivity index (χ4n) is 1.17. The molecule has 7 heteroatoms. The summed E-state index contributed by atoms with van der Waals surface area (Å²) in [6.45, 7) is 2.94. The number of hydrogen-bond donors (Lipinski definition) is 3. The number of carboxylic acids is 1. The standard InChI is InChI=1S/C10H18N2O5/c1-6(12-7(2)13)10(16)11-5-8(17-3)4-9(14)15/h6,8H,4-5H2,1-3H3,(H,11,16)(H,12,13)(H,14,15). The quantitative estimate of drug-likeness (QED) is 0.541. The van der Waals surface area contributed by atoms with Gasteiger partial charge in [0.05, 0.1) is 12.5 Å². The molecule has 0 radical (unpaired) electrons. The van der Waals surface area contributed by atoms with Gasteiger partial charge >= 0.3 is 5.97 Å². The zero-order chi connectivity index (χ0) is 13.4. The van der Waals surface area contributed by atoms with Crippen LogP contribution in [-0.2, 0) is 19.1 Å². The summed E-state index contributed by atoms with van der Waals surface area (Å²) in [6, 6.07) is -0.658. The third-order valence-corrected chi connectivity index (χ3v) is 2.05. The molecule has 0 fully saturated rings. The molecule has 3 N–H and O–H groups in total. The molecule has 0 aromatic heterocycles. The van der Waals surface area contributed by atoms with Crippen LogP contribution in [0.15, 0.2) is 0 Å². The van der Waals surface area contributed by atoms with Crippen LogP contribution in [0, 0.1) is 0 Å². The Hall–Kier alpha value is -1.63. The van der Waals surface area contributed by atoms with Gasteiger partial charge in [0, 0.05) is 20.6 Å². The Morgan fingerprint density at radius 2 is 1.94 bits per heavy atom. The third kappa shape index (κ3) is 7.29. The summed E-state index contributed by atoms with van der Waals surface area (Å²) in [5, 5.41) is 13.5. The number of carbonyl (C=O) groups is 3. The normalized spacial score (nSPS) is 13.6. The average molecular weight is 246 g/mol. The first kappa shape index (κ1) is 15.4. The summed E-state index contributed by atoms with van der Waals surface area (Å²) in [6.07, 6.45) is -0.772. The average Bonchev–Trinajstić information content (AvgIpc) is 2.22. The fraction of sp³-hybridized carbons (Fsp3) is 0.700. The number of amides is 2. The lowest BCUT2D eigenvalue weighted by molar-refractivity contribution is -0.140. The van der Waals surface area contributed by atoms with Gasteiger partial charge in [-0.2, -0.15) is 0 Å². The van der Waals surface area contributed by atoms with Crippen molar-refractivity contribution in [2.75, 3.05) is 13.7 Å². The third-order valence-electron chi connectivity index (χ3n) is 2.05. The molecule has 0 aliphatic rings. The van der Waals surface area contributed by atoms with Gasteiger partial charge in [0.2, 0.25) is 11.8 Å². The van der Waals surface area contributed by atoms with Gasteiger partial charge < -0.3 is 20.5 Å². The van der Waals surface area contributed by atoms with Crippen molar-refractivity contribution in [1.82, 2.24) is 10.6 Å². The van der Waals surface area contributed by atoms with E-state index in [0.29, 0.717) is 0 Å². The molecule has 0 aromatic rings. The lowest BCUT2D eigenvalue weighted by atomic mass is 10.2. The van der Waals surface area contributed by atoms with Crippen LogP contribution in [0.25, 0.3) is 0 Å². The van der Waals surface area contributed by atoms with Gasteiger partial charge in [-0.1, -0.05) is 0 Å². The number of ether oxygens (including phenoxy) is 1. The van der Waals surface area contributed by atoms with E-state index in [1.54, 1.807) is 0 Å². The molecule has 0 saturated carbocycles. The van der Waals surface area contributed by atoms with Crippen LogP contribution >= 0.6 is 0 Å². The SMILES string of the molecule is COC(CNC(=O)C(C)NC(C)=O)CC(=O)O. The van der Waals surface area contributed by atoms with Crippen molar-refractivity contribution in [2.45, 2.75) is 32.4 Å². The molecular weight excluding hydrogens is 228 g/mol. The molecule has 2 atom stereocenters. The summed E-state index contributed by atoms with van der Waals surface area (Å²) < 4.78 is 4.89. The van der Waals surface area contributed by atoms with Gasteiger partial charge in [-0.3, -0.25) is 14.4 Å². The van der Waals surface area contributed by atoms with E-state index in [4.69, 9.17) is 9.84 Å². The predicted molar refractivity (Wildman–Crippen MR) is 59.3 cm³/mol. The number of nitrogens with one attached hydrogen (secondary N) is 2. The Kier molecular flexibility index (Phi) is 6.88. The molecule has 2 unspecified atom stereocenters. The minimum atomic E-state index is -0.999. The number of methoxy groups -OCH3 is 1. The molecule has 0 rings (SSSR count). The topological polar surface area (TPSA) is 105 Å². The van der Waals surface area contributed by atoms with Crippen LogP contribution in [0.1, 0.15) is 20.3 Å². The Bertz CT molecular complexity index is 292. The van der Waals surface area contributed by atoms with Crippen LogP contribution in [0.2, 0.25) is 0 Å². The highest BCUT2D eigenvalue weighted by Gasteiger charge is 2.17. The van der Waals surface area contributed by atoms with Crippen molar-refractivity contribution in [2.24, 2.45) is 0 Å². The van der Waals surface area contributed by atoms with Gasteiger partial charge in [0.25, 0.3) is 0 Å². The Labute approximate surface area is 99.5 Å². The van der Waals surface area contributed by atoms with E-state index in [0.717, 1.165) is 0 Å². The summed E-state index contributed by atoms with van der Waals surface area (Å²) in [4.78, 5) is 32.6. The summed E-state index contributed by atoms with van der Waals surface area (Å²) >= 11 is 0. The Morgan fingerprint density at radius 3 is 2.35 bits per heavy atom. The van der Waals surface area contributed by atoms with Crippen molar-refractivity contribution in [3.63, 3.8) is 0 Å². The molecule has 0 spiro atoms. The van der Waals surface area contributed by atoms with Crippen molar-refractivity contribution in [3.8, 4) is 0 Å². The lowest BCUT2D eigenvalue weighted by Gasteiger charge is -2.17. The maximum atomic E-state index is 11.5. The van der Waals surface area contributed by atoms with Gasteiger partial charge in [-0.15, -0.1) is 0 Å². The molecule has 98 valence electrons. The number of hydrogen-bond acceptors (Lipinski definition) is 4. The molecule has 0 aliphatic heterocycles. The predicted octanol–water partition coefficient (Wildman–Crippen LogP) is -0.883. The molecule has 2 amide bonds. The monoisotopic (exact) mass is 246 g/mol. The van der Waals surface area contributed by atoms with Crippen molar-refractivity contribution >= 4 is 17.8 Å².